The van der Waals surface area contributed by atoms with Crippen molar-refractivity contribution in [2.24, 2.45) is 7.05 Å². The average molecular weight is 454 g/mol. The van der Waals surface area contributed by atoms with Gasteiger partial charge in [-0.3, -0.25) is 29.8 Å². The van der Waals surface area contributed by atoms with Gasteiger partial charge in [-0.1, -0.05) is 5.16 Å². The van der Waals surface area contributed by atoms with E-state index in [4.69, 9.17) is 15.3 Å². The average Bonchev–Trinajstić information content (AvgIpc) is 3.47. The van der Waals surface area contributed by atoms with Crippen molar-refractivity contribution in [1.82, 2.24) is 29.1 Å². The first-order valence-electron chi connectivity index (χ1n) is 10.6. The second-order valence-electron chi connectivity index (χ2n) is 8.15. The van der Waals surface area contributed by atoms with Gasteiger partial charge in [-0.15, -0.1) is 0 Å². The number of nitrogens with one attached hydrogen (secondary N) is 2. The van der Waals surface area contributed by atoms with Crippen LogP contribution in [0.3, 0.4) is 0 Å². The van der Waals surface area contributed by atoms with Crippen molar-refractivity contribution in [3.63, 3.8) is 0 Å². The van der Waals surface area contributed by atoms with Gasteiger partial charge in [-0.05, 0) is 38.1 Å². The quantitative estimate of drug-likeness (QED) is 0.318. The topological polar surface area (TPSA) is 131 Å². The molecule has 10 nitrogen and oxygen atoms in total. The molecule has 10 heteroatoms. The Hall–Kier alpha value is -4.60. The van der Waals surface area contributed by atoms with Crippen LogP contribution in [0.25, 0.3) is 33.4 Å². The summed E-state index contributed by atoms with van der Waals surface area (Å²) in [4.78, 5) is 17.8. The van der Waals surface area contributed by atoms with Crippen molar-refractivity contribution in [3.05, 3.63) is 82.9 Å². The van der Waals surface area contributed by atoms with Gasteiger partial charge < -0.3 is 9.09 Å². The molecule has 0 saturated heterocycles. The van der Waals surface area contributed by atoms with Crippen LogP contribution >= 0.6 is 0 Å². The summed E-state index contributed by atoms with van der Waals surface area (Å²) in [5, 5.41) is 25.6. The van der Waals surface area contributed by atoms with Gasteiger partial charge in [-0.2, -0.15) is 5.10 Å². The largest absolute Gasteiger partial charge is 0.356 e. The Morgan fingerprint density at radius 2 is 1.91 bits per heavy atom. The SMILES string of the molecule is Cc1cc(-c2ccc(=N)n(C(=N)C(C)n3ccc4ncc(-c5cnn(C)c5)cc4c3=O)c2)on1. The number of hydrogen-bond acceptors (Lipinski definition) is 7. The van der Waals surface area contributed by atoms with Crippen LogP contribution < -0.4 is 11.0 Å². The molecule has 0 aliphatic rings. The minimum atomic E-state index is -0.639. The Bertz CT molecular complexity index is 1670. The lowest BCUT2D eigenvalue weighted by atomic mass is 10.1. The lowest BCUT2D eigenvalue weighted by molar-refractivity contribution is 0.427. The van der Waals surface area contributed by atoms with Gasteiger partial charge >= 0.3 is 0 Å². The van der Waals surface area contributed by atoms with Crippen LogP contribution in [0.15, 0.2) is 70.6 Å². The molecule has 0 aromatic carbocycles. The van der Waals surface area contributed by atoms with Crippen molar-refractivity contribution in [2.75, 3.05) is 0 Å². The molecule has 5 aromatic rings. The van der Waals surface area contributed by atoms with E-state index in [1.807, 2.05) is 20.2 Å². The number of rotatable bonds is 4. The summed E-state index contributed by atoms with van der Waals surface area (Å²) in [6.45, 7) is 3.58. The second kappa shape index (κ2) is 8.07. The number of nitrogens with zero attached hydrogens (tertiary/aromatic N) is 6. The van der Waals surface area contributed by atoms with Crippen molar-refractivity contribution in [2.45, 2.75) is 19.9 Å². The molecule has 0 radical (unpaired) electrons. The van der Waals surface area contributed by atoms with E-state index in [-0.39, 0.29) is 16.9 Å². The minimum absolute atomic E-state index is 0.0703. The van der Waals surface area contributed by atoms with Crippen molar-refractivity contribution < 1.29 is 4.52 Å². The van der Waals surface area contributed by atoms with E-state index in [1.54, 1.807) is 66.7 Å². The molecule has 34 heavy (non-hydrogen) atoms. The highest BCUT2D eigenvalue weighted by molar-refractivity contribution is 5.87. The van der Waals surface area contributed by atoms with E-state index >= 15 is 0 Å². The van der Waals surface area contributed by atoms with Crippen LogP contribution in [0.5, 0.6) is 0 Å². The van der Waals surface area contributed by atoms with Gasteiger partial charge in [0.05, 0.1) is 28.8 Å². The Kier molecular flexibility index (Phi) is 5.05. The molecule has 5 heterocycles. The first kappa shape index (κ1) is 21.3. The van der Waals surface area contributed by atoms with Crippen LogP contribution in [0.2, 0.25) is 0 Å². The third kappa shape index (κ3) is 3.64. The molecule has 0 fully saturated rings. The van der Waals surface area contributed by atoms with E-state index < -0.39 is 6.04 Å². The Morgan fingerprint density at radius 3 is 2.62 bits per heavy atom. The molecule has 0 saturated carbocycles. The fraction of sp³-hybridized carbons (Fsp3) is 0.167. The summed E-state index contributed by atoms with van der Waals surface area (Å²) in [5.41, 5.74) is 3.50. The lowest BCUT2D eigenvalue weighted by Crippen LogP contribution is -2.35. The Morgan fingerprint density at radius 1 is 1.09 bits per heavy atom. The maximum absolute atomic E-state index is 13.4. The molecule has 5 rings (SSSR count). The zero-order chi connectivity index (χ0) is 24.0. The van der Waals surface area contributed by atoms with Crippen LogP contribution in [-0.2, 0) is 7.05 Å². The second-order valence-corrected chi connectivity index (χ2v) is 8.15. The molecule has 170 valence electrons. The van der Waals surface area contributed by atoms with Gasteiger partial charge in [0.15, 0.2) is 5.76 Å². The zero-order valence-electron chi connectivity index (χ0n) is 18.9. The summed E-state index contributed by atoms with van der Waals surface area (Å²) in [6, 6.07) is 8.03. The van der Waals surface area contributed by atoms with E-state index in [2.05, 4.69) is 15.2 Å². The van der Waals surface area contributed by atoms with E-state index in [9.17, 15) is 4.79 Å². The smallest absolute Gasteiger partial charge is 0.260 e. The Balaban J connectivity index is 1.55. The molecular weight excluding hydrogens is 432 g/mol. The third-order valence-electron chi connectivity index (χ3n) is 5.75. The fourth-order valence-electron chi connectivity index (χ4n) is 3.85. The molecule has 0 spiro atoms. The molecule has 2 N–H and O–H groups in total. The highest BCUT2D eigenvalue weighted by Gasteiger charge is 2.18. The first-order chi connectivity index (χ1) is 16.3. The zero-order valence-corrected chi connectivity index (χ0v) is 18.9. The predicted octanol–water partition coefficient (Wildman–Crippen LogP) is 3.13. The molecule has 5 aromatic heterocycles. The van der Waals surface area contributed by atoms with Crippen LogP contribution in [-0.4, -0.2) is 34.9 Å². The number of aryl methyl sites for hydroxylation is 2. The summed E-state index contributed by atoms with van der Waals surface area (Å²) < 4.78 is 9.93. The van der Waals surface area contributed by atoms with Crippen LogP contribution in [0.1, 0.15) is 18.7 Å². The molecular formula is C24H22N8O2. The van der Waals surface area contributed by atoms with E-state index in [0.717, 1.165) is 16.8 Å². The maximum Gasteiger partial charge on any atom is 0.260 e. The summed E-state index contributed by atoms with van der Waals surface area (Å²) in [5.74, 6) is 0.615. The Labute approximate surface area is 193 Å². The van der Waals surface area contributed by atoms with Gasteiger partial charge in [0.25, 0.3) is 5.56 Å². The lowest BCUT2D eigenvalue weighted by Gasteiger charge is -2.19. The first-order valence-corrected chi connectivity index (χ1v) is 10.6. The van der Waals surface area contributed by atoms with Crippen molar-refractivity contribution in [3.8, 4) is 22.5 Å². The van der Waals surface area contributed by atoms with E-state index in [1.165, 1.54) is 9.13 Å². The molecule has 1 atom stereocenters. The van der Waals surface area contributed by atoms with Crippen LogP contribution in [0.4, 0.5) is 0 Å². The van der Waals surface area contributed by atoms with Crippen molar-refractivity contribution >= 4 is 16.7 Å². The van der Waals surface area contributed by atoms with Crippen molar-refractivity contribution in [1.29, 1.82) is 10.8 Å². The maximum atomic E-state index is 13.4. The minimum Gasteiger partial charge on any atom is -0.356 e. The number of fused-ring (bicyclic) bond motifs is 1. The van der Waals surface area contributed by atoms with Crippen LogP contribution in [0, 0.1) is 17.7 Å². The van der Waals surface area contributed by atoms with Gasteiger partial charge in [-0.25, -0.2) is 0 Å². The molecule has 1 unspecified atom stereocenters. The number of aromatic nitrogens is 6. The normalized spacial score (nSPS) is 12.2. The third-order valence-corrected chi connectivity index (χ3v) is 5.75. The highest BCUT2D eigenvalue weighted by Crippen LogP contribution is 2.22. The molecule has 0 aliphatic heterocycles. The molecule has 0 bridgehead atoms. The summed E-state index contributed by atoms with van der Waals surface area (Å²) >= 11 is 0. The molecule has 0 amide bonds. The fourth-order valence-corrected chi connectivity index (χ4v) is 3.85. The molecule has 0 aliphatic carbocycles. The number of pyridine rings is 3. The summed E-state index contributed by atoms with van der Waals surface area (Å²) in [6.07, 6.45) is 8.58. The van der Waals surface area contributed by atoms with Gasteiger partial charge in [0, 0.05) is 54.6 Å². The van der Waals surface area contributed by atoms with Gasteiger partial charge in [0.1, 0.15) is 11.3 Å². The highest BCUT2D eigenvalue weighted by atomic mass is 16.5. The number of hydrogen-bond donors (Lipinski definition) is 2. The monoisotopic (exact) mass is 454 g/mol. The van der Waals surface area contributed by atoms with E-state index in [0.29, 0.717) is 22.2 Å². The predicted molar refractivity (Wildman–Crippen MR) is 127 cm³/mol. The van der Waals surface area contributed by atoms with Gasteiger partial charge in [0.2, 0.25) is 0 Å². The standard InChI is InChI=1S/C24H22N8O2/c1-14-8-21(34-29-14)16-4-5-22(25)32(13-16)23(26)15(2)31-7-6-20-19(24(31)33)9-17(10-27-20)18-11-28-30(3)12-18/h4-13,15,25-26H,1-3H3. The summed E-state index contributed by atoms with van der Waals surface area (Å²) in [7, 11) is 1.83.